The van der Waals surface area contributed by atoms with E-state index in [0.717, 1.165) is 27.3 Å². The van der Waals surface area contributed by atoms with Crippen molar-refractivity contribution in [2.75, 3.05) is 7.11 Å². The summed E-state index contributed by atoms with van der Waals surface area (Å²) < 4.78 is 5.24. The second-order valence-electron chi connectivity index (χ2n) is 6.70. The van der Waals surface area contributed by atoms with Crippen molar-refractivity contribution in [2.24, 2.45) is 0 Å². The summed E-state index contributed by atoms with van der Waals surface area (Å²) in [5.74, 6) is 0.484. The number of pyridine rings is 1. The molecule has 3 aromatic rings. The maximum Gasteiger partial charge on any atom is 0.256 e. The molecule has 1 atom stereocenters. The van der Waals surface area contributed by atoms with Gasteiger partial charge in [-0.05, 0) is 49.1 Å². The molecule has 29 heavy (non-hydrogen) atoms. The zero-order valence-corrected chi connectivity index (χ0v) is 16.8. The first-order chi connectivity index (χ1) is 14.0. The molecule has 0 bridgehead atoms. The number of carbonyl (C=O) groups is 1. The molecule has 2 aromatic carbocycles. The summed E-state index contributed by atoms with van der Waals surface area (Å²) in [6.07, 6.45) is 5.36. The minimum Gasteiger partial charge on any atom is -0.497 e. The lowest BCUT2D eigenvalue weighted by Crippen LogP contribution is -2.35. The molecule has 0 spiro atoms. The molecule has 0 aliphatic carbocycles. The Morgan fingerprint density at radius 2 is 2.00 bits per heavy atom. The summed E-state index contributed by atoms with van der Waals surface area (Å²) >= 11 is 0. The first kappa shape index (κ1) is 20.1. The van der Waals surface area contributed by atoms with Gasteiger partial charge < -0.3 is 15.0 Å². The molecule has 1 aromatic heterocycles. The number of amides is 1. The molecule has 0 saturated carbocycles. The van der Waals surface area contributed by atoms with Crippen LogP contribution in [0, 0.1) is 0 Å². The maximum absolute atomic E-state index is 12.8. The molecule has 1 unspecified atom stereocenters. The summed E-state index contributed by atoms with van der Waals surface area (Å²) in [4.78, 5) is 28.2. The summed E-state index contributed by atoms with van der Waals surface area (Å²) in [6, 6.07) is 12.5. The molecular formula is C24H24N2O3. The fourth-order valence-corrected chi connectivity index (χ4v) is 3.31. The molecule has 1 amide bonds. The van der Waals surface area contributed by atoms with E-state index in [9.17, 15) is 9.59 Å². The van der Waals surface area contributed by atoms with Crippen LogP contribution in [-0.4, -0.2) is 18.0 Å². The fraction of sp³-hybridized carbons (Fsp3) is 0.167. The second kappa shape index (κ2) is 8.61. The molecule has 0 radical (unpaired) electrons. The van der Waals surface area contributed by atoms with E-state index >= 15 is 0 Å². The summed E-state index contributed by atoms with van der Waals surface area (Å²) in [5, 5.41) is 5.81. The number of rotatable bonds is 5. The summed E-state index contributed by atoms with van der Waals surface area (Å²) in [7, 11) is 1.61. The van der Waals surface area contributed by atoms with Crippen LogP contribution in [0.1, 0.15) is 35.8 Å². The Bertz CT molecular complexity index is 1260. The predicted octanol–water partition coefficient (Wildman–Crippen LogP) is 2.79. The number of aromatic nitrogens is 1. The lowest BCUT2D eigenvalue weighted by molar-refractivity contribution is 0.0940. The van der Waals surface area contributed by atoms with Gasteiger partial charge in [0.05, 0.1) is 13.2 Å². The van der Waals surface area contributed by atoms with Crippen LogP contribution in [-0.2, 0) is 0 Å². The SMILES string of the molecule is C=C/C=c1\c(=C/C)[nH]c(=O)c2cc(C(=O)NC(C)c3cccc(OC)c3)ccc12. The quantitative estimate of drug-likeness (QED) is 0.706. The Labute approximate surface area is 169 Å². The highest BCUT2D eigenvalue weighted by Crippen LogP contribution is 2.19. The number of H-pyrrole nitrogens is 1. The van der Waals surface area contributed by atoms with Crippen LogP contribution in [0.2, 0.25) is 0 Å². The molecular weight excluding hydrogens is 364 g/mol. The minimum atomic E-state index is -0.248. The predicted molar refractivity (Wildman–Crippen MR) is 117 cm³/mol. The molecule has 2 N–H and O–H groups in total. The van der Waals surface area contributed by atoms with E-state index in [-0.39, 0.29) is 17.5 Å². The third kappa shape index (κ3) is 4.14. The van der Waals surface area contributed by atoms with Gasteiger partial charge in [-0.3, -0.25) is 9.59 Å². The molecule has 148 valence electrons. The van der Waals surface area contributed by atoms with Gasteiger partial charge in [0.1, 0.15) is 5.75 Å². The third-order valence-electron chi connectivity index (χ3n) is 4.87. The fourth-order valence-electron chi connectivity index (χ4n) is 3.31. The Morgan fingerprint density at radius 3 is 2.69 bits per heavy atom. The topological polar surface area (TPSA) is 71.2 Å². The third-order valence-corrected chi connectivity index (χ3v) is 4.87. The van der Waals surface area contributed by atoms with Crippen molar-refractivity contribution in [3.05, 3.63) is 87.2 Å². The van der Waals surface area contributed by atoms with Gasteiger partial charge in [0.2, 0.25) is 0 Å². The number of allylic oxidation sites excluding steroid dienone is 1. The standard InChI is InChI=1S/C24H24N2O3/c1-5-8-20-19-12-11-17(14-21(19)24(28)26-22(20)6-2)23(27)25-15(3)16-9-7-10-18(13-16)29-4/h5-15H,1H2,2-4H3,(H,25,27)(H,26,28)/b20-8-,22-6+. The Morgan fingerprint density at radius 1 is 1.21 bits per heavy atom. The second-order valence-corrected chi connectivity index (χ2v) is 6.70. The number of benzene rings is 2. The van der Waals surface area contributed by atoms with Gasteiger partial charge in [0.25, 0.3) is 11.5 Å². The van der Waals surface area contributed by atoms with E-state index in [1.54, 1.807) is 31.4 Å². The Balaban J connectivity index is 1.99. The number of fused-ring (bicyclic) bond motifs is 1. The van der Waals surface area contributed by atoms with Crippen LogP contribution >= 0.6 is 0 Å². The first-order valence-electron chi connectivity index (χ1n) is 9.38. The van der Waals surface area contributed by atoms with Gasteiger partial charge in [-0.1, -0.05) is 43.0 Å². The number of carbonyl (C=O) groups excluding carboxylic acids is 1. The van der Waals surface area contributed by atoms with Crippen LogP contribution in [0.5, 0.6) is 5.75 Å². The van der Waals surface area contributed by atoms with Gasteiger partial charge in [-0.15, -0.1) is 0 Å². The molecule has 5 nitrogen and oxygen atoms in total. The zero-order chi connectivity index (χ0) is 21.0. The van der Waals surface area contributed by atoms with Crippen LogP contribution in [0.4, 0.5) is 0 Å². The van der Waals surface area contributed by atoms with E-state index in [1.165, 1.54) is 0 Å². The maximum atomic E-state index is 12.8. The highest BCUT2D eigenvalue weighted by Gasteiger charge is 2.13. The number of nitrogens with one attached hydrogen (secondary N) is 2. The van der Waals surface area contributed by atoms with Gasteiger partial charge in [0.15, 0.2) is 0 Å². The van der Waals surface area contributed by atoms with E-state index in [0.29, 0.717) is 10.9 Å². The average Bonchev–Trinajstić information content (AvgIpc) is 2.75. The van der Waals surface area contributed by atoms with Gasteiger partial charge >= 0.3 is 0 Å². The monoisotopic (exact) mass is 388 g/mol. The van der Waals surface area contributed by atoms with Crippen LogP contribution < -0.4 is 26.2 Å². The van der Waals surface area contributed by atoms with Crippen molar-refractivity contribution in [3.8, 4) is 5.75 Å². The summed E-state index contributed by atoms with van der Waals surface area (Å²) in [5.41, 5.74) is 1.13. The van der Waals surface area contributed by atoms with E-state index in [2.05, 4.69) is 16.9 Å². The Hall–Kier alpha value is -3.60. The lowest BCUT2D eigenvalue weighted by Gasteiger charge is -2.15. The van der Waals surface area contributed by atoms with Crippen molar-refractivity contribution in [1.82, 2.24) is 10.3 Å². The molecule has 0 aliphatic heterocycles. The van der Waals surface area contributed by atoms with Crippen molar-refractivity contribution in [1.29, 1.82) is 0 Å². The normalized spacial score (nSPS) is 13.3. The molecule has 3 rings (SSSR count). The molecule has 0 fully saturated rings. The van der Waals surface area contributed by atoms with E-state index < -0.39 is 0 Å². The average molecular weight is 388 g/mol. The van der Waals surface area contributed by atoms with Crippen molar-refractivity contribution >= 4 is 28.8 Å². The molecule has 0 aliphatic rings. The lowest BCUT2D eigenvalue weighted by atomic mass is 10.0. The van der Waals surface area contributed by atoms with Crippen LogP contribution in [0.25, 0.3) is 22.9 Å². The van der Waals surface area contributed by atoms with Crippen LogP contribution in [0.15, 0.2) is 59.9 Å². The number of ether oxygens (including phenoxy) is 1. The van der Waals surface area contributed by atoms with Gasteiger partial charge in [0, 0.05) is 21.5 Å². The van der Waals surface area contributed by atoms with E-state index in [1.807, 2.05) is 50.3 Å². The number of aromatic amines is 1. The van der Waals surface area contributed by atoms with Crippen molar-refractivity contribution in [2.45, 2.75) is 19.9 Å². The smallest absolute Gasteiger partial charge is 0.256 e. The van der Waals surface area contributed by atoms with Gasteiger partial charge in [-0.2, -0.15) is 0 Å². The molecule has 1 heterocycles. The Kier molecular flexibility index (Phi) is 5.98. The largest absolute Gasteiger partial charge is 0.497 e. The van der Waals surface area contributed by atoms with Crippen molar-refractivity contribution < 1.29 is 9.53 Å². The number of hydrogen-bond acceptors (Lipinski definition) is 3. The first-order valence-corrected chi connectivity index (χ1v) is 9.38. The number of hydrogen-bond donors (Lipinski definition) is 2. The van der Waals surface area contributed by atoms with Gasteiger partial charge in [-0.25, -0.2) is 0 Å². The minimum absolute atomic E-state index is 0.215. The molecule has 5 heteroatoms. The highest BCUT2D eigenvalue weighted by molar-refractivity contribution is 5.98. The van der Waals surface area contributed by atoms with E-state index in [4.69, 9.17) is 4.74 Å². The van der Waals surface area contributed by atoms with Crippen molar-refractivity contribution in [3.63, 3.8) is 0 Å². The number of methoxy groups -OCH3 is 1. The van der Waals surface area contributed by atoms with Crippen LogP contribution in [0.3, 0.4) is 0 Å². The zero-order valence-electron chi connectivity index (χ0n) is 16.8. The molecule has 0 saturated heterocycles. The highest BCUT2D eigenvalue weighted by atomic mass is 16.5. The summed E-state index contributed by atoms with van der Waals surface area (Å²) in [6.45, 7) is 7.51.